The van der Waals surface area contributed by atoms with E-state index in [0.29, 0.717) is 26.2 Å². The van der Waals surface area contributed by atoms with Crippen LogP contribution in [0.4, 0.5) is 4.79 Å². The zero-order chi connectivity index (χ0) is 22.3. The fraction of sp³-hybridized carbons (Fsp3) is 0.480. The molecule has 1 saturated heterocycles. The monoisotopic (exact) mass is 426 g/mol. The van der Waals surface area contributed by atoms with Gasteiger partial charge in [-0.25, -0.2) is 4.79 Å². The summed E-state index contributed by atoms with van der Waals surface area (Å²) in [6.07, 6.45) is 0.459. The minimum absolute atomic E-state index is 0.0527. The molecule has 2 aromatic rings. The average molecular weight is 427 g/mol. The van der Waals surface area contributed by atoms with Gasteiger partial charge in [0, 0.05) is 26.1 Å². The Bertz CT molecular complexity index is 818. The number of benzene rings is 2. The second-order valence-corrected chi connectivity index (χ2v) is 8.87. The van der Waals surface area contributed by atoms with Gasteiger partial charge >= 0.3 is 6.09 Å². The van der Waals surface area contributed by atoms with Crippen molar-refractivity contribution in [2.45, 2.75) is 45.3 Å². The first kappa shape index (κ1) is 23.1. The molecule has 6 nitrogen and oxygen atoms in total. The number of nitrogens with zero attached hydrogens (tertiary/aromatic N) is 2. The lowest BCUT2D eigenvalue weighted by Gasteiger charge is -2.39. The van der Waals surface area contributed by atoms with E-state index in [1.807, 2.05) is 47.5 Å². The van der Waals surface area contributed by atoms with Crippen molar-refractivity contribution in [1.82, 2.24) is 9.96 Å². The number of rotatable bonds is 7. The number of hydrogen-bond acceptors (Lipinski definition) is 5. The minimum atomic E-state index is -0.289. The third-order valence-corrected chi connectivity index (χ3v) is 5.57. The van der Waals surface area contributed by atoms with E-state index in [2.05, 4.69) is 32.9 Å². The summed E-state index contributed by atoms with van der Waals surface area (Å²) in [6.45, 7) is 9.18. The summed E-state index contributed by atoms with van der Waals surface area (Å²) >= 11 is 0. The molecule has 168 valence electrons. The van der Waals surface area contributed by atoms with Crippen molar-refractivity contribution >= 4 is 6.09 Å². The molecule has 0 aliphatic carbocycles. The van der Waals surface area contributed by atoms with Crippen LogP contribution < -0.4 is 4.74 Å². The van der Waals surface area contributed by atoms with Crippen LogP contribution in [0.15, 0.2) is 54.6 Å². The number of carbonyl (C=O) groups is 1. The zero-order valence-corrected chi connectivity index (χ0v) is 19.0. The van der Waals surface area contributed by atoms with Crippen molar-refractivity contribution in [1.29, 1.82) is 0 Å². The summed E-state index contributed by atoms with van der Waals surface area (Å²) in [4.78, 5) is 19.8. The van der Waals surface area contributed by atoms with E-state index in [9.17, 15) is 4.79 Å². The number of carbonyl (C=O) groups excluding carboxylic acids is 1. The topological polar surface area (TPSA) is 51.2 Å². The first-order valence-corrected chi connectivity index (χ1v) is 10.9. The molecule has 0 bridgehead atoms. The van der Waals surface area contributed by atoms with Crippen molar-refractivity contribution < 1.29 is 19.1 Å². The molecule has 3 rings (SSSR count). The Morgan fingerprint density at radius 1 is 1.03 bits per heavy atom. The Labute approximate surface area is 185 Å². The van der Waals surface area contributed by atoms with E-state index in [1.165, 1.54) is 5.56 Å². The predicted octanol–water partition coefficient (Wildman–Crippen LogP) is 4.64. The van der Waals surface area contributed by atoms with Gasteiger partial charge in [-0.3, -0.25) is 0 Å². The molecule has 1 aliphatic heterocycles. The number of ether oxygens (including phenoxy) is 2. The van der Waals surface area contributed by atoms with Crippen LogP contribution in [-0.2, 0) is 21.6 Å². The van der Waals surface area contributed by atoms with E-state index in [1.54, 1.807) is 12.0 Å². The van der Waals surface area contributed by atoms with Gasteiger partial charge in [0.15, 0.2) is 0 Å². The highest BCUT2D eigenvalue weighted by atomic mass is 16.7. The molecule has 0 unspecified atom stereocenters. The van der Waals surface area contributed by atoms with Gasteiger partial charge in [0.25, 0.3) is 0 Å². The van der Waals surface area contributed by atoms with Crippen LogP contribution in [-0.4, -0.2) is 55.4 Å². The Morgan fingerprint density at radius 2 is 1.74 bits per heavy atom. The smallest absolute Gasteiger partial charge is 0.410 e. The number of amides is 1. The van der Waals surface area contributed by atoms with E-state index in [0.717, 1.165) is 17.7 Å². The summed E-state index contributed by atoms with van der Waals surface area (Å²) in [6, 6.07) is 18.0. The quantitative estimate of drug-likeness (QED) is 0.646. The van der Waals surface area contributed by atoms with E-state index < -0.39 is 0 Å². The van der Waals surface area contributed by atoms with Gasteiger partial charge in [-0.15, -0.1) is 0 Å². The molecule has 6 heteroatoms. The summed E-state index contributed by atoms with van der Waals surface area (Å²) < 4.78 is 11.4. The maximum atomic E-state index is 12.5. The Kier molecular flexibility index (Phi) is 7.93. The van der Waals surface area contributed by atoms with Gasteiger partial charge in [-0.2, -0.15) is 5.06 Å². The lowest BCUT2D eigenvalue weighted by molar-refractivity contribution is -0.184. The summed E-state index contributed by atoms with van der Waals surface area (Å²) in [5.41, 5.74) is 2.38. The summed E-state index contributed by atoms with van der Waals surface area (Å²) in [7, 11) is 1.67. The highest BCUT2D eigenvalue weighted by Crippen LogP contribution is 2.24. The Balaban J connectivity index is 1.49. The van der Waals surface area contributed by atoms with Gasteiger partial charge < -0.3 is 19.2 Å². The molecule has 1 aliphatic rings. The van der Waals surface area contributed by atoms with E-state index in [4.69, 9.17) is 14.3 Å². The number of piperazine rings is 1. The fourth-order valence-corrected chi connectivity index (χ4v) is 3.65. The molecular formula is C25H34N2O4. The van der Waals surface area contributed by atoms with Crippen molar-refractivity contribution in [2.75, 3.05) is 33.4 Å². The first-order valence-electron chi connectivity index (χ1n) is 10.9. The highest BCUT2D eigenvalue weighted by molar-refractivity contribution is 5.67. The molecule has 0 radical (unpaired) electrons. The van der Waals surface area contributed by atoms with Crippen molar-refractivity contribution in [3.05, 3.63) is 65.7 Å². The predicted molar refractivity (Wildman–Crippen MR) is 121 cm³/mol. The van der Waals surface area contributed by atoms with Crippen LogP contribution in [0.2, 0.25) is 0 Å². The minimum Gasteiger partial charge on any atom is -0.494 e. The molecule has 1 fully saturated rings. The molecule has 1 atom stereocenters. The van der Waals surface area contributed by atoms with Crippen LogP contribution in [0.5, 0.6) is 5.75 Å². The van der Waals surface area contributed by atoms with Gasteiger partial charge in [-0.1, -0.05) is 63.2 Å². The van der Waals surface area contributed by atoms with Crippen LogP contribution in [0.25, 0.3) is 0 Å². The molecule has 0 N–H and O–H groups in total. The van der Waals surface area contributed by atoms with Crippen LogP contribution in [0.3, 0.4) is 0 Å². The normalized spacial score (nSPS) is 17.4. The lowest BCUT2D eigenvalue weighted by Crippen LogP contribution is -2.54. The third kappa shape index (κ3) is 6.71. The Morgan fingerprint density at radius 3 is 2.39 bits per heavy atom. The average Bonchev–Trinajstić information content (AvgIpc) is 2.78. The maximum absolute atomic E-state index is 12.5. The molecule has 31 heavy (non-hydrogen) atoms. The molecule has 1 amide bonds. The van der Waals surface area contributed by atoms with Crippen LogP contribution >= 0.6 is 0 Å². The number of hydroxylamine groups is 2. The second-order valence-electron chi connectivity index (χ2n) is 8.87. The summed E-state index contributed by atoms with van der Waals surface area (Å²) in [5.74, 6) is 0.854. The largest absolute Gasteiger partial charge is 0.494 e. The standard InChI is InChI=1S/C25H34N2O4/c1-25(2,3)21-10-12-23(13-11-21)30-17-14-22-18-26(15-16-27(22)29-4)24(28)31-19-20-8-6-5-7-9-20/h5-13,22H,14-19H2,1-4H3/t22-/m1/s1. The third-order valence-electron chi connectivity index (χ3n) is 5.57. The molecule has 1 heterocycles. The zero-order valence-electron chi connectivity index (χ0n) is 19.0. The Hall–Kier alpha value is -2.57. The summed E-state index contributed by atoms with van der Waals surface area (Å²) in [5, 5.41) is 1.92. The SMILES string of the molecule is CON1CCN(C(=O)OCc2ccccc2)C[C@H]1CCOc1ccc(C(C)(C)C)cc1. The van der Waals surface area contributed by atoms with Gasteiger partial charge in [-0.05, 0) is 28.7 Å². The molecular weight excluding hydrogens is 392 g/mol. The molecule has 2 aromatic carbocycles. The molecule has 0 aromatic heterocycles. The highest BCUT2D eigenvalue weighted by Gasteiger charge is 2.30. The maximum Gasteiger partial charge on any atom is 0.410 e. The van der Waals surface area contributed by atoms with Crippen LogP contribution in [0, 0.1) is 0 Å². The molecule has 0 spiro atoms. The number of hydrogen-bond donors (Lipinski definition) is 0. The first-order chi connectivity index (χ1) is 14.9. The molecule has 0 saturated carbocycles. The van der Waals surface area contributed by atoms with Crippen LogP contribution in [0.1, 0.15) is 38.3 Å². The van der Waals surface area contributed by atoms with Gasteiger partial charge in [0.05, 0.1) is 19.8 Å². The van der Waals surface area contributed by atoms with E-state index >= 15 is 0 Å². The van der Waals surface area contributed by atoms with Crippen molar-refractivity contribution in [3.8, 4) is 5.75 Å². The van der Waals surface area contributed by atoms with Gasteiger partial charge in [0.2, 0.25) is 0 Å². The van der Waals surface area contributed by atoms with Crippen molar-refractivity contribution in [3.63, 3.8) is 0 Å². The lowest BCUT2D eigenvalue weighted by atomic mass is 9.87. The van der Waals surface area contributed by atoms with E-state index in [-0.39, 0.29) is 24.2 Å². The second kappa shape index (κ2) is 10.6. The van der Waals surface area contributed by atoms with Crippen molar-refractivity contribution in [2.24, 2.45) is 0 Å². The van der Waals surface area contributed by atoms with Gasteiger partial charge in [0.1, 0.15) is 12.4 Å². The fourth-order valence-electron chi connectivity index (χ4n) is 3.65.